The van der Waals surface area contributed by atoms with Gasteiger partial charge in [-0.25, -0.2) is 13.4 Å². The Labute approximate surface area is 154 Å². The van der Waals surface area contributed by atoms with Gasteiger partial charge in [-0.15, -0.1) is 0 Å². The summed E-state index contributed by atoms with van der Waals surface area (Å²) in [5.41, 5.74) is 2.76. The van der Waals surface area contributed by atoms with Crippen LogP contribution in [0.4, 0.5) is 5.69 Å². The number of hydrogen-bond acceptors (Lipinski definition) is 4. The highest BCUT2D eigenvalue weighted by Crippen LogP contribution is 2.29. The fraction of sp³-hybridized carbons (Fsp3) is 0. The molecule has 0 saturated heterocycles. The molecule has 0 spiro atoms. The van der Waals surface area contributed by atoms with E-state index in [4.69, 9.17) is 11.6 Å². The number of sulfonamides is 1. The molecule has 0 aliphatic rings. The van der Waals surface area contributed by atoms with Crippen molar-refractivity contribution >= 4 is 38.2 Å². The number of nitrogens with zero attached hydrogens (tertiary/aromatic N) is 2. The van der Waals surface area contributed by atoms with Crippen molar-refractivity contribution in [1.29, 1.82) is 0 Å². The van der Waals surface area contributed by atoms with Crippen LogP contribution < -0.4 is 4.72 Å². The molecular weight excluding hydrogens is 372 g/mol. The molecule has 0 saturated carbocycles. The highest BCUT2D eigenvalue weighted by Gasteiger charge is 2.16. The van der Waals surface area contributed by atoms with Gasteiger partial charge in [0.05, 0.1) is 22.3 Å². The number of rotatable bonds is 4. The number of benzene rings is 2. The van der Waals surface area contributed by atoms with E-state index in [0.29, 0.717) is 0 Å². The molecule has 0 fully saturated rings. The normalized spacial score (nSPS) is 11.6. The van der Waals surface area contributed by atoms with Gasteiger partial charge in [-0.05, 0) is 35.9 Å². The van der Waals surface area contributed by atoms with Crippen LogP contribution in [0.5, 0.6) is 0 Å². The van der Waals surface area contributed by atoms with Crippen LogP contribution in [-0.2, 0) is 10.0 Å². The molecule has 4 rings (SSSR count). The third-order valence-corrected chi connectivity index (χ3v) is 5.59. The average molecular weight is 385 g/mol. The summed E-state index contributed by atoms with van der Waals surface area (Å²) < 4.78 is 27.6. The predicted octanol–water partition coefficient (Wildman–Crippen LogP) is 4.08. The van der Waals surface area contributed by atoms with Crippen molar-refractivity contribution in [3.05, 3.63) is 72.1 Å². The Bertz CT molecular complexity index is 1190. The van der Waals surface area contributed by atoms with E-state index in [1.165, 1.54) is 12.1 Å². The van der Waals surface area contributed by atoms with Crippen molar-refractivity contribution in [2.24, 2.45) is 0 Å². The predicted molar refractivity (Wildman–Crippen MR) is 102 cm³/mol. The second kappa shape index (κ2) is 6.44. The molecule has 2 aromatic heterocycles. The third kappa shape index (κ3) is 3.14. The zero-order chi connectivity index (χ0) is 18.1. The monoisotopic (exact) mass is 384 g/mol. The first-order valence-electron chi connectivity index (χ1n) is 7.70. The van der Waals surface area contributed by atoms with Gasteiger partial charge >= 0.3 is 0 Å². The molecule has 6 nitrogen and oxygen atoms in total. The number of nitrogens with one attached hydrogen (secondary N) is 2. The maximum absolute atomic E-state index is 12.5. The molecule has 2 heterocycles. The van der Waals surface area contributed by atoms with Gasteiger partial charge in [0, 0.05) is 17.1 Å². The lowest BCUT2D eigenvalue weighted by molar-refractivity contribution is 0.601. The smallest absolute Gasteiger partial charge is 0.261 e. The molecule has 2 N–H and O–H groups in total. The summed E-state index contributed by atoms with van der Waals surface area (Å²) in [5.74, 6) is 0. The van der Waals surface area contributed by atoms with E-state index in [1.807, 2.05) is 18.2 Å². The van der Waals surface area contributed by atoms with Crippen LogP contribution >= 0.6 is 11.6 Å². The van der Waals surface area contributed by atoms with Gasteiger partial charge in [0.1, 0.15) is 0 Å². The fourth-order valence-electron chi connectivity index (χ4n) is 2.60. The number of pyridine rings is 1. The lowest BCUT2D eigenvalue weighted by atomic mass is 10.1. The Morgan fingerprint density at radius 2 is 1.77 bits per heavy atom. The van der Waals surface area contributed by atoms with Gasteiger partial charge in [0.15, 0.2) is 5.15 Å². The molecule has 0 aliphatic carbocycles. The van der Waals surface area contributed by atoms with Gasteiger partial charge in [-0.1, -0.05) is 35.9 Å². The van der Waals surface area contributed by atoms with E-state index < -0.39 is 10.0 Å². The van der Waals surface area contributed by atoms with Gasteiger partial charge in [0.2, 0.25) is 0 Å². The minimum Gasteiger partial charge on any atom is -0.278 e. The maximum Gasteiger partial charge on any atom is 0.261 e. The van der Waals surface area contributed by atoms with Crippen LogP contribution in [0.1, 0.15) is 0 Å². The molecule has 26 heavy (non-hydrogen) atoms. The molecule has 0 unspecified atom stereocenters. The summed E-state index contributed by atoms with van der Waals surface area (Å²) in [6.07, 6.45) is 3.32. The first-order chi connectivity index (χ1) is 12.5. The standard InChI is InChI=1S/C18H13ClN4O2S/c19-18-17(23-26(24,25)15-4-2-1-3-5-15)9-13(10-20-18)12-6-7-16-14(8-12)11-21-22-16/h1-11,23H,(H,21,22). The topological polar surface area (TPSA) is 87.7 Å². The largest absolute Gasteiger partial charge is 0.278 e. The first kappa shape index (κ1) is 16.6. The summed E-state index contributed by atoms with van der Waals surface area (Å²) in [7, 11) is -3.75. The van der Waals surface area contributed by atoms with Gasteiger partial charge in [0.25, 0.3) is 10.0 Å². The highest BCUT2D eigenvalue weighted by molar-refractivity contribution is 7.92. The maximum atomic E-state index is 12.5. The van der Waals surface area contributed by atoms with Gasteiger partial charge in [-0.3, -0.25) is 9.82 Å². The molecule has 4 aromatic rings. The molecule has 0 aliphatic heterocycles. The van der Waals surface area contributed by atoms with Crippen molar-refractivity contribution in [3.8, 4) is 11.1 Å². The van der Waals surface area contributed by atoms with Crippen molar-refractivity contribution in [2.75, 3.05) is 4.72 Å². The lowest BCUT2D eigenvalue weighted by Crippen LogP contribution is -2.13. The minimum atomic E-state index is -3.75. The van der Waals surface area contributed by atoms with Crippen molar-refractivity contribution in [2.45, 2.75) is 4.90 Å². The number of anilines is 1. The molecule has 2 aromatic carbocycles. The van der Waals surface area contributed by atoms with E-state index in [9.17, 15) is 8.42 Å². The van der Waals surface area contributed by atoms with Crippen molar-refractivity contribution < 1.29 is 8.42 Å². The van der Waals surface area contributed by atoms with Crippen LogP contribution in [0.2, 0.25) is 5.15 Å². The number of halogens is 1. The van der Waals surface area contributed by atoms with Crippen molar-refractivity contribution in [3.63, 3.8) is 0 Å². The van der Waals surface area contributed by atoms with Crippen LogP contribution in [0.15, 0.2) is 71.9 Å². The Kier molecular flexibility index (Phi) is 4.10. The molecule has 0 bridgehead atoms. The molecule has 130 valence electrons. The summed E-state index contributed by atoms with van der Waals surface area (Å²) in [5, 5.41) is 7.92. The van der Waals surface area contributed by atoms with E-state index in [0.717, 1.165) is 22.0 Å². The SMILES string of the molecule is O=S(=O)(Nc1cc(-c2ccc3[nH]ncc3c2)cnc1Cl)c1ccccc1. The molecule has 0 atom stereocenters. The minimum absolute atomic E-state index is 0.0812. The second-order valence-electron chi connectivity index (χ2n) is 5.65. The second-order valence-corrected chi connectivity index (χ2v) is 7.69. The summed E-state index contributed by atoms with van der Waals surface area (Å²) in [6.45, 7) is 0. The van der Waals surface area contributed by atoms with Crippen LogP contribution in [0.25, 0.3) is 22.0 Å². The van der Waals surface area contributed by atoms with Gasteiger partial charge in [-0.2, -0.15) is 5.10 Å². The Morgan fingerprint density at radius 1 is 0.962 bits per heavy atom. The van der Waals surface area contributed by atoms with Crippen LogP contribution in [0, 0.1) is 0 Å². The van der Waals surface area contributed by atoms with E-state index in [-0.39, 0.29) is 15.7 Å². The summed E-state index contributed by atoms with van der Waals surface area (Å²) in [6, 6.07) is 15.5. The van der Waals surface area contributed by atoms with Gasteiger partial charge < -0.3 is 0 Å². The zero-order valence-corrected chi connectivity index (χ0v) is 14.9. The quantitative estimate of drug-likeness (QED) is 0.519. The Morgan fingerprint density at radius 3 is 2.58 bits per heavy atom. The van der Waals surface area contributed by atoms with E-state index in [1.54, 1.807) is 36.7 Å². The zero-order valence-electron chi connectivity index (χ0n) is 13.3. The molecule has 0 radical (unpaired) electrons. The van der Waals surface area contributed by atoms with Crippen molar-refractivity contribution in [1.82, 2.24) is 15.2 Å². The number of hydrogen-bond donors (Lipinski definition) is 2. The third-order valence-electron chi connectivity index (χ3n) is 3.91. The summed E-state index contributed by atoms with van der Waals surface area (Å²) >= 11 is 6.10. The van der Waals surface area contributed by atoms with E-state index in [2.05, 4.69) is 19.9 Å². The lowest BCUT2D eigenvalue weighted by Gasteiger charge is -2.11. The van der Waals surface area contributed by atoms with Crippen LogP contribution in [0.3, 0.4) is 0 Å². The highest BCUT2D eigenvalue weighted by atomic mass is 35.5. The molecule has 8 heteroatoms. The first-order valence-corrected chi connectivity index (χ1v) is 9.56. The Balaban J connectivity index is 1.72. The number of H-pyrrole nitrogens is 1. The summed E-state index contributed by atoms with van der Waals surface area (Å²) in [4.78, 5) is 4.27. The fourth-order valence-corrected chi connectivity index (χ4v) is 3.89. The number of aromatic nitrogens is 3. The Hall–Kier alpha value is -2.90. The average Bonchev–Trinajstić information content (AvgIpc) is 3.12. The van der Waals surface area contributed by atoms with Crippen LogP contribution in [-0.4, -0.2) is 23.6 Å². The van der Waals surface area contributed by atoms with E-state index >= 15 is 0 Å². The number of aromatic amines is 1. The molecule has 0 amide bonds. The molecular formula is C18H13ClN4O2S. The number of fused-ring (bicyclic) bond motifs is 1.